The van der Waals surface area contributed by atoms with E-state index in [-0.39, 0.29) is 50.2 Å². The molecule has 6 heterocycles. The summed E-state index contributed by atoms with van der Waals surface area (Å²) in [4.78, 5) is 96.0. The van der Waals surface area contributed by atoms with Gasteiger partial charge in [-0.2, -0.15) is 4.98 Å². The number of amides is 4. The van der Waals surface area contributed by atoms with Gasteiger partial charge in [0.05, 0.1) is 46.9 Å². The highest BCUT2D eigenvalue weighted by Gasteiger charge is 2.53. The van der Waals surface area contributed by atoms with E-state index in [4.69, 9.17) is 4.98 Å². The van der Waals surface area contributed by atoms with Crippen LogP contribution >= 0.6 is 11.3 Å². The summed E-state index contributed by atoms with van der Waals surface area (Å²) in [7, 11) is 1.77. The molecule has 9 rings (SSSR count). The summed E-state index contributed by atoms with van der Waals surface area (Å²) in [5.41, 5.74) is 2.74. The van der Waals surface area contributed by atoms with Gasteiger partial charge < -0.3 is 40.9 Å². The number of anilines is 3. The van der Waals surface area contributed by atoms with Crippen LogP contribution in [-0.2, 0) is 31.3 Å². The Morgan fingerprint density at radius 3 is 2.29 bits per heavy atom. The maximum absolute atomic E-state index is 14.8. The van der Waals surface area contributed by atoms with Gasteiger partial charge in [0.2, 0.25) is 23.7 Å². The quantitative estimate of drug-likeness (QED) is 0.0323. The Labute approximate surface area is 487 Å². The van der Waals surface area contributed by atoms with Crippen molar-refractivity contribution in [3.05, 3.63) is 118 Å². The number of nitrogens with one attached hydrogen (secondary N) is 3. The highest BCUT2D eigenvalue weighted by Crippen LogP contribution is 2.41. The first-order chi connectivity index (χ1) is 39.5. The number of alkyl halides is 1. The van der Waals surface area contributed by atoms with Crippen LogP contribution in [0.1, 0.15) is 109 Å². The second-order valence-electron chi connectivity index (χ2n) is 23.9. The standard InChI is InChI=1S/C61H78FN13O7S/c1-9-27-74-55(79)45-36-63-58(69-53(45)75(74)49-16-14-15-48(67-49)60(6,7)82)65-42-21-23-43(24-22-42)72-32-30-71(31-33-72)29-13-11-10-12-28-70(8)50(77)35-46(40-17-19-41(20-18-40)51-39(2)64-38-83-51)66-54(78)47-34-44(76)37-73(47)56(80)52(59(3,4)5)68-57(81)61(62)25-26-61/h9,14-24,36,38,44,46-47,52,76,82H,1,10-13,25-35,37H2,2-8H3,(H,66,78)(H,68,81)(H,63,65,69)/t44-,46+,47+,52-/m1/s1. The topological polar surface area (TPSA) is 236 Å². The molecule has 4 atom stereocenters. The summed E-state index contributed by atoms with van der Waals surface area (Å²) in [6.07, 6.45) is 6.04. The highest BCUT2D eigenvalue weighted by molar-refractivity contribution is 7.13. The van der Waals surface area contributed by atoms with Crippen molar-refractivity contribution in [2.24, 2.45) is 5.41 Å². The first-order valence-electron chi connectivity index (χ1n) is 28.7. The van der Waals surface area contributed by atoms with Gasteiger partial charge in [-0.25, -0.2) is 28.7 Å². The second kappa shape index (κ2) is 25.2. The molecule has 6 aromatic rings. The number of rotatable bonds is 23. The highest BCUT2D eigenvalue weighted by atomic mass is 32.1. The minimum absolute atomic E-state index is 0.0371. The smallest absolute Gasteiger partial charge is 0.278 e. The summed E-state index contributed by atoms with van der Waals surface area (Å²) in [5, 5.41) is 30.8. The number of halogens is 1. The lowest BCUT2D eigenvalue weighted by atomic mass is 9.85. The van der Waals surface area contributed by atoms with E-state index in [1.165, 1.54) is 27.1 Å². The van der Waals surface area contributed by atoms with E-state index in [0.717, 1.165) is 85.9 Å². The Morgan fingerprint density at radius 1 is 0.928 bits per heavy atom. The van der Waals surface area contributed by atoms with Gasteiger partial charge in [0.1, 0.15) is 23.1 Å². The van der Waals surface area contributed by atoms with Crippen molar-refractivity contribution in [2.45, 2.75) is 135 Å². The van der Waals surface area contributed by atoms with Gasteiger partial charge in [0.25, 0.3) is 11.5 Å². The van der Waals surface area contributed by atoms with Crippen molar-refractivity contribution >= 4 is 63.3 Å². The summed E-state index contributed by atoms with van der Waals surface area (Å²) >= 11 is 1.52. The van der Waals surface area contributed by atoms with E-state index in [1.807, 2.05) is 43.3 Å². The first-order valence-corrected chi connectivity index (χ1v) is 29.6. The Kier molecular flexibility index (Phi) is 18.3. The van der Waals surface area contributed by atoms with Crippen molar-refractivity contribution < 1.29 is 33.8 Å². The van der Waals surface area contributed by atoms with E-state index in [0.29, 0.717) is 40.6 Å². The van der Waals surface area contributed by atoms with Crippen LogP contribution in [0.15, 0.2) is 95.9 Å². The first kappa shape index (κ1) is 60.2. The summed E-state index contributed by atoms with van der Waals surface area (Å²) in [6, 6.07) is 18.1. The average Bonchev–Trinajstić information content (AvgIpc) is 2.58. The normalized spacial score (nSPS) is 18.0. The molecule has 5 N–H and O–H groups in total. The van der Waals surface area contributed by atoms with Crippen LogP contribution in [0.2, 0.25) is 0 Å². The average molecular weight is 1160 g/mol. The summed E-state index contributed by atoms with van der Waals surface area (Å²) < 4.78 is 17.9. The lowest BCUT2D eigenvalue weighted by Crippen LogP contribution is -2.59. The monoisotopic (exact) mass is 1160 g/mol. The number of carbonyl (C=O) groups excluding carboxylic acids is 4. The van der Waals surface area contributed by atoms with E-state index in [1.54, 1.807) is 81.0 Å². The van der Waals surface area contributed by atoms with Crippen molar-refractivity contribution in [1.29, 1.82) is 0 Å². The number of aliphatic hydroxyl groups is 2. The molecule has 0 spiro atoms. The third-order valence-corrected chi connectivity index (χ3v) is 16.9. The lowest BCUT2D eigenvalue weighted by molar-refractivity contribution is -0.145. The number of allylic oxidation sites excluding steroid dienone is 1. The van der Waals surface area contributed by atoms with E-state index in [2.05, 4.69) is 59.4 Å². The fourth-order valence-corrected chi connectivity index (χ4v) is 11.6. The molecule has 3 aliphatic rings. The predicted octanol–water partition coefficient (Wildman–Crippen LogP) is 6.95. The number of aryl methyl sites for hydroxylation is 1. The molecule has 22 heteroatoms. The van der Waals surface area contributed by atoms with Crippen molar-refractivity contribution in [3.8, 4) is 16.3 Å². The molecule has 0 unspecified atom stereocenters. The Morgan fingerprint density at radius 2 is 1.64 bits per heavy atom. The van der Waals surface area contributed by atoms with Crippen molar-refractivity contribution in [3.63, 3.8) is 0 Å². The molecule has 442 valence electrons. The van der Waals surface area contributed by atoms with Crippen LogP contribution in [0, 0.1) is 12.3 Å². The van der Waals surface area contributed by atoms with E-state index < -0.39 is 58.6 Å². The molecule has 4 aromatic heterocycles. The van der Waals surface area contributed by atoms with Gasteiger partial charge in [-0.05, 0) is 106 Å². The molecule has 2 aliphatic heterocycles. The van der Waals surface area contributed by atoms with Crippen LogP contribution in [-0.4, -0.2) is 155 Å². The maximum atomic E-state index is 14.8. The van der Waals surface area contributed by atoms with Crippen LogP contribution in [0.5, 0.6) is 0 Å². The SMILES string of the molecule is C=CCn1c(=O)c2cnc(Nc3ccc(N4CCN(CCCCCCN(C)C(=O)C[C@H](NC(=O)[C@@H]5C[C@@H](O)CN5C(=O)[C@@H](NC(=O)C5(F)CC5)C(C)(C)C)c5ccc(-c6scnc6C)cc5)CC4)cc3)nc2n1-c1cccc(C(C)(C)O)n1. The largest absolute Gasteiger partial charge is 0.391 e. The number of β-amino-alcohol motifs (C(OH)–C–C–N with tert-alkyl or cyclic N) is 1. The van der Waals surface area contributed by atoms with Gasteiger partial charge in [0, 0.05) is 70.3 Å². The van der Waals surface area contributed by atoms with Crippen molar-refractivity contribution in [2.75, 3.05) is 63.1 Å². The van der Waals surface area contributed by atoms with Gasteiger partial charge in [0.15, 0.2) is 17.1 Å². The molecule has 4 amide bonds. The number of carbonyl (C=O) groups is 4. The maximum Gasteiger partial charge on any atom is 0.278 e. The molecule has 83 heavy (non-hydrogen) atoms. The minimum Gasteiger partial charge on any atom is -0.391 e. The molecule has 20 nitrogen and oxygen atoms in total. The number of hydrogen-bond acceptors (Lipinski definition) is 15. The molecule has 2 saturated heterocycles. The van der Waals surface area contributed by atoms with Gasteiger partial charge in [-0.15, -0.1) is 17.9 Å². The Bertz CT molecular complexity index is 3360. The number of thiazole rings is 1. The predicted molar refractivity (Wildman–Crippen MR) is 319 cm³/mol. The van der Waals surface area contributed by atoms with Crippen LogP contribution in [0.3, 0.4) is 0 Å². The number of pyridine rings is 1. The number of nitrogens with zero attached hydrogens (tertiary/aromatic N) is 10. The molecular formula is C61H78FN13O7S. The number of hydrogen-bond donors (Lipinski definition) is 5. The number of aliphatic hydroxyl groups excluding tert-OH is 1. The zero-order valence-electron chi connectivity index (χ0n) is 48.6. The summed E-state index contributed by atoms with van der Waals surface area (Å²) in [6.45, 7) is 19.6. The summed E-state index contributed by atoms with van der Waals surface area (Å²) in [5.74, 6) is -1.38. The molecule has 1 saturated carbocycles. The second-order valence-corrected chi connectivity index (χ2v) is 24.7. The Balaban J connectivity index is 0.744. The minimum atomic E-state index is -2.01. The lowest BCUT2D eigenvalue weighted by Gasteiger charge is -2.36. The van der Waals surface area contributed by atoms with Crippen molar-refractivity contribution in [1.82, 2.24) is 54.6 Å². The number of fused-ring (bicyclic) bond motifs is 1. The molecule has 0 radical (unpaired) electrons. The third kappa shape index (κ3) is 14.2. The zero-order chi connectivity index (χ0) is 59.4. The number of benzene rings is 2. The number of unbranched alkanes of at least 4 members (excludes halogenated alkanes) is 3. The van der Waals surface area contributed by atoms with Gasteiger partial charge >= 0.3 is 0 Å². The van der Waals surface area contributed by atoms with Gasteiger partial charge in [-0.1, -0.05) is 70.0 Å². The number of aromatic nitrogens is 6. The molecule has 1 aliphatic carbocycles. The van der Waals surface area contributed by atoms with Crippen LogP contribution < -0.4 is 26.4 Å². The molecule has 0 bridgehead atoms. The molecule has 3 fully saturated rings. The van der Waals surface area contributed by atoms with Gasteiger partial charge in [-0.3, -0.25) is 28.9 Å². The van der Waals surface area contributed by atoms with E-state index >= 15 is 0 Å². The fraction of sp³-hybridized carbons (Fsp3) is 0.492. The molecule has 2 aromatic carbocycles. The Hall–Kier alpha value is -7.40. The number of likely N-dealkylation sites (tertiary alicyclic amines) is 1. The molecular weight excluding hydrogens is 1080 g/mol. The number of piperazine rings is 1. The van der Waals surface area contributed by atoms with Crippen LogP contribution in [0.4, 0.5) is 21.7 Å². The van der Waals surface area contributed by atoms with Crippen LogP contribution in [0.25, 0.3) is 27.3 Å². The third-order valence-electron chi connectivity index (χ3n) is 15.9. The fourth-order valence-electron chi connectivity index (χ4n) is 10.8. The van der Waals surface area contributed by atoms with E-state index in [9.17, 15) is 38.6 Å². The zero-order valence-corrected chi connectivity index (χ0v) is 49.4.